The van der Waals surface area contributed by atoms with Crippen LogP contribution in [0.5, 0.6) is 5.75 Å². The fourth-order valence-corrected chi connectivity index (χ4v) is 4.79. The second-order valence-corrected chi connectivity index (χ2v) is 8.99. The predicted octanol–water partition coefficient (Wildman–Crippen LogP) is 4.16. The molecule has 182 valence electrons. The average Bonchev–Trinajstić information content (AvgIpc) is 2.84. The van der Waals surface area contributed by atoms with Crippen molar-refractivity contribution in [2.24, 2.45) is 5.92 Å². The molecule has 0 saturated heterocycles. The summed E-state index contributed by atoms with van der Waals surface area (Å²) in [5.41, 5.74) is 2.19. The highest BCUT2D eigenvalue weighted by atomic mass is 35.5. The Hall–Kier alpha value is -3.48. The summed E-state index contributed by atoms with van der Waals surface area (Å²) in [5.74, 6) is -3.59. The fourth-order valence-electron chi connectivity index (χ4n) is 3.70. The predicted molar refractivity (Wildman–Crippen MR) is 134 cm³/mol. The average molecular weight is 514 g/mol. The van der Waals surface area contributed by atoms with Crippen LogP contribution in [0.4, 0.5) is 5.69 Å². The Balaban J connectivity index is 1.94. The number of para-hydroxylation sites is 1. The molecule has 2 N–H and O–H groups in total. The fraction of sp³-hybridized carbons (Fsp3) is 0.280. The number of ether oxygens (including phenoxy) is 2. The van der Waals surface area contributed by atoms with E-state index in [4.69, 9.17) is 21.1 Å². The maximum Gasteiger partial charge on any atom is 0.319 e. The molecule has 0 radical (unpaired) electrons. The lowest BCUT2D eigenvalue weighted by Gasteiger charge is -2.31. The normalized spacial score (nSPS) is 17.3. The van der Waals surface area contributed by atoms with Crippen molar-refractivity contribution in [3.63, 3.8) is 0 Å². The van der Waals surface area contributed by atoms with Gasteiger partial charge in [0.05, 0.1) is 41.2 Å². The second kappa shape index (κ2) is 11.8. The molecule has 2 aromatic rings. The number of hydrogen-bond acceptors (Lipinski definition) is 7. The topological polar surface area (TPSA) is 118 Å². The maximum atomic E-state index is 13.0. The number of nitriles is 1. The Kier molecular flexibility index (Phi) is 8.79. The Morgan fingerprint density at radius 2 is 2.00 bits per heavy atom. The van der Waals surface area contributed by atoms with Gasteiger partial charge in [-0.2, -0.15) is 5.26 Å². The lowest BCUT2D eigenvalue weighted by atomic mass is 9.78. The van der Waals surface area contributed by atoms with Crippen molar-refractivity contribution in [1.29, 1.82) is 5.26 Å². The molecular formula is C25H24ClN3O5S. The molecule has 0 fully saturated rings. The highest BCUT2D eigenvalue weighted by Gasteiger charge is 2.44. The summed E-state index contributed by atoms with van der Waals surface area (Å²) < 4.78 is 10.3. The lowest BCUT2D eigenvalue weighted by molar-refractivity contribution is -0.150. The minimum atomic E-state index is -1.30. The molecule has 0 unspecified atom stereocenters. The number of aryl methyl sites for hydroxylation is 1. The first-order valence-electron chi connectivity index (χ1n) is 10.7. The number of esters is 1. The van der Waals surface area contributed by atoms with Gasteiger partial charge in [0.1, 0.15) is 11.7 Å². The minimum Gasteiger partial charge on any atom is -0.492 e. The summed E-state index contributed by atoms with van der Waals surface area (Å²) >= 11 is 7.35. The van der Waals surface area contributed by atoms with Gasteiger partial charge in [-0.05, 0) is 43.2 Å². The highest BCUT2D eigenvalue weighted by molar-refractivity contribution is 8.03. The molecule has 8 nitrogen and oxygen atoms in total. The number of amides is 2. The van der Waals surface area contributed by atoms with Gasteiger partial charge < -0.3 is 20.1 Å². The zero-order chi connectivity index (χ0) is 25.5. The molecule has 2 atom stereocenters. The number of rotatable bonds is 8. The Morgan fingerprint density at radius 1 is 1.26 bits per heavy atom. The number of nitrogens with zero attached hydrogens (tertiary/aromatic N) is 1. The Morgan fingerprint density at radius 3 is 2.63 bits per heavy atom. The van der Waals surface area contributed by atoms with Crippen LogP contribution in [-0.4, -0.2) is 37.3 Å². The van der Waals surface area contributed by atoms with Gasteiger partial charge in [0.25, 0.3) is 0 Å². The van der Waals surface area contributed by atoms with Gasteiger partial charge in [0.15, 0.2) is 0 Å². The van der Waals surface area contributed by atoms with Crippen LogP contribution in [0.25, 0.3) is 0 Å². The first-order valence-corrected chi connectivity index (χ1v) is 12.1. The number of methoxy groups -OCH3 is 1. The summed E-state index contributed by atoms with van der Waals surface area (Å²) in [7, 11) is 1.17. The number of allylic oxidation sites excluding steroid dienone is 1. The highest BCUT2D eigenvalue weighted by Crippen LogP contribution is 2.42. The number of halogens is 1. The second-order valence-electron chi connectivity index (χ2n) is 7.60. The molecule has 10 heteroatoms. The van der Waals surface area contributed by atoms with E-state index >= 15 is 0 Å². The van der Waals surface area contributed by atoms with Crippen molar-refractivity contribution >= 4 is 46.8 Å². The van der Waals surface area contributed by atoms with E-state index in [1.165, 1.54) is 7.11 Å². The molecule has 2 aromatic carbocycles. The maximum absolute atomic E-state index is 13.0. The molecule has 3 rings (SSSR count). The largest absolute Gasteiger partial charge is 0.492 e. The van der Waals surface area contributed by atoms with E-state index < -0.39 is 23.7 Å². The van der Waals surface area contributed by atoms with Crippen LogP contribution in [0.15, 0.2) is 53.1 Å². The van der Waals surface area contributed by atoms with Gasteiger partial charge in [-0.1, -0.05) is 47.6 Å². The third-order valence-corrected chi connectivity index (χ3v) is 6.68. The van der Waals surface area contributed by atoms with E-state index in [-0.39, 0.29) is 27.3 Å². The zero-order valence-electron chi connectivity index (χ0n) is 19.4. The van der Waals surface area contributed by atoms with E-state index in [9.17, 15) is 19.6 Å². The van der Waals surface area contributed by atoms with Crippen molar-refractivity contribution < 1.29 is 23.9 Å². The van der Waals surface area contributed by atoms with Crippen molar-refractivity contribution in [3.8, 4) is 11.8 Å². The van der Waals surface area contributed by atoms with Crippen LogP contribution in [0.1, 0.15) is 24.0 Å². The van der Waals surface area contributed by atoms with Gasteiger partial charge in [-0.25, -0.2) is 0 Å². The van der Waals surface area contributed by atoms with Gasteiger partial charge in [0.2, 0.25) is 11.8 Å². The van der Waals surface area contributed by atoms with Crippen LogP contribution in [0.2, 0.25) is 5.02 Å². The number of anilines is 1. The molecule has 0 spiro atoms. The van der Waals surface area contributed by atoms with E-state index in [0.717, 1.165) is 17.3 Å². The summed E-state index contributed by atoms with van der Waals surface area (Å²) in [5, 5.41) is 15.9. The van der Waals surface area contributed by atoms with Crippen molar-refractivity contribution in [3.05, 3.63) is 69.2 Å². The zero-order valence-corrected chi connectivity index (χ0v) is 21.0. The summed E-state index contributed by atoms with van der Waals surface area (Å²) in [6.45, 7) is 4.10. The molecule has 1 heterocycles. The molecule has 35 heavy (non-hydrogen) atoms. The van der Waals surface area contributed by atoms with Gasteiger partial charge >= 0.3 is 5.97 Å². The van der Waals surface area contributed by atoms with Crippen LogP contribution in [-0.2, 0) is 19.1 Å². The van der Waals surface area contributed by atoms with Crippen LogP contribution >= 0.6 is 23.4 Å². The monoisotopic (exact) mass is 513 g/mol. The molecule has 2 amide bonds. The summed E-state index contributed by atoms with van der Waals surface area (Å²) in [4.78, 5) is 38.0. The third kappa shape index (κ3) is 5.96. The SMILES string of the molecule is CCOc1ccc([C@H]2C(C#N)=C(SCC(=O)Nc3ccccc3C)NC(=O)[C@H]2C(=O)OC)cc1Cl. The van der Waals surface area contributed by atoms with Crippen LogP contribution in [0, 0.1) is 24.2 Å². The van der Waals surface area contributed by atoms with Gasteiger partial charge in [-0.15, -0.1) is 0 Å². The summed E-state index contributed by atoms with van der Waals surface area (Å²) in [6.07, 6.45) is 0. The first kappa shape index (κ1) is 26.1. The van der Waals surface area contributed by atoms with Gasteiger partial charge in [-0.3, -0.25) is 14.4 Å². The van der Waals surface area contributed by atoms with E-state index in [1.54, 1.807) is 24.3 Å². The molecule has 0 aromatic heterocycles. The van der Waals surface area contributed by atoms with Crippen LogP contribution < -0.4 is 15.4 Å². The number of thioether (sulfide) groups is 1. The number of carbonyl (C=O) groups excluding carboxylic acids is 3. The molecular weight excluding hydrogens is 490 g/mol. The van der Waals surface area contributed by atoms with Gasteiger partial charge in [0, 0.05) is 11.6 Å². The standard InChI is InChI=1S/C25H24ClN3O5S/c1-4-34-19-10-9-15(11-17(19)26)21-16(12-27)24(29-23(31)22(21)25(32)33-3)35-13-20(30)28-18-8-6-5-7-14(18)2/h5-11,21-22H,4,13H2,1-3H3,(H,28,30)(H,29,31)/t21-,22-/m0/s1. The van der Waals surface area contributed by atoms with E-state index in [0.29, 0.717) is 23.6 Å². The molecule has 1 aliphatic rings. The first-order chi connectivity index (χ1) is 16.8. The molecule has 0 saturated carbocycles. The minimum absolute atomic E-state index is 0.0607. The molecule has 0 aliphatic carbocycles. The van der Waals surface area contributed by atoms with Crippen LogP contribution in [0.3, 0.4) is 0 Å². The number of carbonyl (C=O) groups is 3. The molecule has 0 bridgehead atoms. The number of hydrogen-bond donors (Lipinski definition) is 2. The smallest absolute Gasteiger partial charge is 0.319 e. The van der Waals surface area contributed by atoms with E-state index in [1.807, 2.05) is 32.0 Å². The Bertz CT molecular complexity index is 1220. The van der Waals surface area contributed by atoms with Crippen molar-refractivity contribution in [2.45, 2.75) is 19.8 Å². The van der Waals surface area contributed by atoms with Crippen molar-refractivity contribution in [2.75, 3.05) is 24.8 Å². The number of benzene rings is 2. The number of nitrogens with one attached hydrogen (secondary N) is 2. The van der Waals surface area contributed by atoms with Crippen molar-refractivity contribution in [1.82, 2.24) is 5.32 Å². The Labute approximate surface area is 212 Å². The third-order valence-electron chi connectivity index (χ3n) is 5.37. The summed E-state index contributed by atoms with van der Waals surface area (Å²) in [6, 6.07) is 14.3. The van der Waals surface area contributed by atoms with E-state index in [2.05, 4.69) is 16.7 Å². The quantitative estimate of drug-likeness (QED) is 0.402. The lowest BCUT2D eigenvalue weighted by Crippen LogP contribution is -2.44. The molecule has 1 aliphatic heterocycles.